The highest BCUT2D eigenvalue weighted by atomic mass is 16.5. The number of rotatable bonds is 7. The maximum Gasteiger partial charge on any atom is 0.254 e. The Balaban J connectivity index is 1.28. The minimum Gasteiger partial charge on any atom is -0.491 e. The summed E-state index contributed by atoms with van der Waals surface area (Å²) < 4.78 is 11.9. The Morgan fingerprint density at radius 3 is 2.58 bits per heavy atom. The van der Waals surface area contributed by atoms with Crippen LogP contribution in [0.15, 0.2) is 66.7 Å². The molecule has 3 atom stereocenters. The minimum absolute atomic E-state index is 0.122. The van der Waals surface area contributed by atoms with Gasteiger partial charge in [0.15, 0.2) is 0 Å². The highest BCUT2D eigenvalue weighted by Gasteiger charge is 2.37. The van der Waals surface area contributed by atoms with Gasteiger partial charge in [0.05, 0.1) is 19.1 Å². The first-order chi connectivity index (χ1) is 21.7. The van der Waals surface area contributed by atoms with E-state index in [0.717, 1.165) is 16.3 Å². The highest BCUT2D eigenvalue weighted by molar-refractivity contribution is 5.97. The van der Waals surface area contributed by atoms with Gasteiger partial charge in [0.2, 0.25) is 17.7 Å². The molecular weight excluding hydrogens is 574 g/mol. The van der Waals surface area contributed by atoms with Crippen molar-refractivity contribution in [3.8, 4) is 5.75 Å². The minimum atomic E-state index is -0.948. The Labute approximate surface area is 263 Å². The van der Waals surface area contributed by atoms with Crippen LogP contribution in [0.5, 0.6) is 5.75 Å². The second-order valence-corrected chi connectivity index (χ2v) is 11.9. The Kier molecular flexibility index (Phi) is 10.3. The van der Waals surface area contributed by atoms with Crippen molar-refractivity contribution in [2.24, 2.45) is 0 Å². The zero-order valence-corrected chi connectivity index (χ0v) is 26.0. The number of amides is 4. The van der Waals surface area contributed by atoms with Crippen molar-refractivity contribution in [2.75, 3.05) is 60.6 Å². The maximum absolute atomic E-state index is 13.4. The van der Waals surface area contributed by atoms with Gasteiger partial charge < -0.3 is 34.8 Å². The van der Waals surface area contributed by atoms with Crippen LogP contribution in [0.4, 0.5) is 0 Å². The fraction of sp³-hybridized carbons (Fsp3) is 0.412. The summed E-state index contributed by atoms with van der Waals surface area (Å²) in [5.74, 6) is -0.652. The zero-order chi connectivity index (χ0) is 31.9. The molecule has 1 fully saturated rings. The first-order valence-corrected chi connectivity index (χ1v) is 15.2. The Morgan fingerprint density at radius 1 is 0.978 bits per heavy atom. The molecule has 11 nitrogen and oxygen atoms in total. The third-order valence-corrected chi connectivity index (χ3v) is 8.25. The van der Waals surface area contributed by atoms with Gasteiger partial charge in [-0.2, -0.15) is 0 Å². The lowest BCUT2D eigenvalue weighted by Crippen LogP contribution is -2.51. The first-order valence-electron chi connectivity index (χ1n) is 15.2. The van der Waals surface area contributed by atoms with Crippen molar-refractivity contribution in [3.05, 3.63) is 77.9 Å². The molecule has 0 radical (unpaired) electrons. The van der Waals surface area contributed by atoms with Crippen molar-refractivity contribution < 1.29 is 28.7 Å². The third kappa shape index (κ3) is 8.17. The number of hydrogen-bond donors (Lipinski definition) is 2. The lowest BCUT2D eigenvalue weighted by Gasteiger charge is -2.29. The predicted octanol–water partition coefficient (Wildman–Crippen LogP) is 1.70. The third-order valence-electron chi connectivity index (χ3n) is 8.25. The number of likely N-dealkylation sites (N-methyl/N-ethyl adjacent to an activating group) is 2. The molecule has 2 aliphatic rings. The summed E-state index contributed by atoms with van der Waals surface area (Å²) in [5, 5.41) is 8.15. The Morgan fingerprint density at radius 2 is 1.78 bits per heavy atom. The average molecular weight is 616 g/mol. The molecule has 1 saturated heterocycles. The summed E-state index contributed by atoms with van der Waals surface area (Å²) in [7, 11) is 5.35. The molecule has 2 N–H and O–H groups in total. The molecule has 45 heavy (non-hydrogen) atoms. The number of fused-ring (bicyclic) bond motifs is 4. The predicted molar refractivity (Wildman–Crippen MR) is 170 cm³/mol. The standard InChI is InChI=1S/C34H41N5O6/c1-37(2)14-13-35-33(42)30-21-44-22-32(41)39-19-27(36-31(40)16-23-11-12-24-7-4-5-8-25(24)15-23)18-28(39)20-45-29-10-6-9-26(17-29)34(43)38(30)3/h4-12,15,17,27-28,30H,13-14,16,18-22H2,1-3H3,(H,35,42)(H,36,40)/t27-,28-,30-/m0/s1. The maximum atomic E-state index is 13.4. The molecule has 2 heterocycles. The molecule has 11 heteroatoms. The van der Waals surface area contributed by atoms with Crippen LogP contribution in [0.1, 0.15) is 22.3 Å². The van der Waals surface area contributed by atoms with Crippen molar-refractivity contribution >= 4 is 34.4 Å². The van der Waals surface area contributed by atoms with Crippen LogP contribution in [-0.2, 0) is 25.5 Å². The van der Waals surface area contributed by atoms with Crippen molar-refractivity contribution in [3.63, 3.8) is 0 Å². The van der Waals surface area contributed by atoms with E-state index in [2.05, 4.69) is 10.6 Å². The quantitative estimate of drug-likeness (QED) is 0.415. The number of ether oxygens (including phenoxy) is 2. The van der Waals surface area contributed by atoms with E-state index in [0.29, 0.717) is 37.4 Å². The van der Waals surface area contributed by atoms with Gasteiger partial charge in [0.25, 0.3) is 5.91 Å². The number of benzene rings is 3. The van der Waals surface area contributed by atoms with Gasteiger partial charge in [-0.15, -0.1) is 0 Å². The second kappa shape index (κ2) is 14.5. The summed E-state index contributed by atoms with van der Waals surface area (Å²) in [6.45, 7) is 1.10. The molecule has 0 aromatic heterocycles. The van der Waals surface area contributed by atoms with E-state index in [4.69, 9.17) is 9.47 Å². The summed E-state index contributed by atoms with van der Waals surface area (Å²) in [6.07, 6.45) is 0.735. The molecule has 5 rings (SSSR count). The molecule has 2 bridgehead atoms. The van der Waals surface area contributed by atoms with Crippen molar-refractivity contribution in [1.29, 1.82) is 0 Å². The van der Waals surface area contributed by atoms with E-state index in [1.165, 1.54) is 4.90 Å². The average Bonchev–Trinajstić information content (AvgIpc) is 3.43. The van der Waals surface area contributed by atoms with Crippen LogP contribution >= 0.6 is 0 Å². The van der Waals surface area contributed by atoms with Gasteiger partial charge in [-0.05, 0) is 55.1 Å². The SMILES string of the molecule is CN(C)CCNC(=O)[C@@H]1COCC(=O)N2C[C@@H](NC(=O)Cc3ccc4ccccc4c3)C[C@H]2COc2cccc(c2)C(=O)N1C. The van der Waals surface area contributed by atoms with Gasteiger partial charge in [-0.25, -0.2) is 0 Å². The van der Waals surface area contributed by atoms with E-state index >= 15 is 0 Å². The second-order valence-electron chi connectivity index (χ2n) is 11.9. The highest BCUT2D eigenvalue weighted by Crippen LogP contribution is 2.23. The molecule has 0 spiro atoms. The molecule has 3 aromatic carbocycles. The molecule has 4 amide bonds. The van der Waals surface area contributed by atoms with E-state index < -0.39 is 6.04 Å². The smallest absolute Gasteiger partial charge is 0.254 e. The van der Waals surface area contributed by atoms with Gasteiger partial charge >= 0.3 is 0 Å². The number of carbonyl (C=O) groups is 4. The van der Waals surface area contributed by atoms with Crippen LogP contribution < -0.4 is 15.4 Å². The van der Waals surface area contributed by atoms with Crippen LogP contribution in [0.25, 0.3) is 10.8 Å². The van der Waals surface area contributed by atoms with Crippen molar-refractivity contribution in [1.82, 2.24) is 25.3 Å². The van der Waals surface area contributed by atoms with Gasteiger partial charge in [-0.3, -0.25) is 19.2 Å². The molecule has 2 aliphatic heterocycles. The summed E-state index contributed by atoms with van der Waals surface area (Å²) in [5.41, 5.74) is 1.28. The van der Waals surface area contributed by atoms with E-state index in [9.17, 15) is 19.2 Å². The van der Waals surface area contributed by atoms with Crippen LogP contribution in [0.3, 0.4) is 0 Å². The fourth-order valence-corrected chi connectivity index (χ4v) is 5.78. The number of hydrogen-bond acceptors (Lipinski definition) is 7. The van der Waals surface area contributed by atoms with E-state index in [1.54, 1.807) is 36.2 Å². The summed E-state index contributed by atoms with van der Waals surface area (Å²) >= 11 is 0. The van der Waals surface area contributed by atoms with Crippen LogP contribution in [-0.4, -0.2) is 117 Å². The van der Waals surface area contributed by atoms with Crippen LogP contribution in [0.2, 0.25) is 0 Å². The number of carbonyl (C=O) groups excluding carboxylic acids is 4. The molecular formula is C34H41N5O6. The Hall–Kier alpha value is -4.48. The van der Waals surface area contributed by atoms with Gasteiger partial charge in [0.1, 0.15) is 25.0 Å². The van der Waals surface area contributed by atoms with Crippen LogP contribution in [0, 0.1) is 0 Å². The van der Waals surface area contributed by atoms with Gasteiger partial charge in [0, 0.05) is 38.3 Å². The number of nitrogens with zero attached hydrogens (tertiary/aromatic N) is 3. The van der Waals surface area contributed by atoms with Gasteiger partial charge in [-0.1, -0.05) is 48.5 Å². The van der Waals surface area contributed by atoms with E-state index in [-0.39, 0.29) is 62.0 Å². The van der Waals surface area contributed by atoms with Crippen molar-refractivity contribution in [2.45, 2.75) is 31.0 Å². The molecule has 0 saturated carbocycles. The topological polar surface area (TPSA) is 121 Å². The first kappa shape index (κ1) is 31.9. The summed E-state index contributed by atoms with van der Waals surface area (Å²) in [4.78, 5) is 57.9. The largest absolute Gasteiger partial charge is 0.491 e. The monoisotopic (exact) mass is 615 g/mol. The molecule has 0 unspecified atom stereocenters. The normalized spacial score (nSPS) is 20.8. The lowest BCUT2D eigenvalue weighted by atomic mass is 10.0. The summed E-state index contributed by atoms with van der Waals surface area (Å²) in [6, 6.07) is 19.3. The molecule has 0 aliphatic carbocycles. The fourth-order valence-electron chi connectivity index (χ4n) is 5.78. The molecule has 238 valence electrons. The van der Waals surface area contributed by atoms with E-state index in [1.807, 2.05) is 61.5 Å². The Bertz CT molecular complexity index is 1540. The lowest BCUT2D eigenvalue weighted by molar-refractivity contribution is -0.140. The molecule has 3 aromatic rings. The zero-order valence-electron chi connectivity index (χ0n) is 26.0. The number of nitrogens with one attached hydrogen (secondary N) is 2.